The van der Waals surface area contributed by atoms with Crippen molar-refractivity contribution in [2.45, 2.75) is 20.8 Å². The highest BCUT2D eigenvalue weighted by Crippen LogP contribution is 2.20. The predicted molar refractivity (Wildman–Crippen MR) is 62.4 cm³/mol. The molecular weight excluding hydrogens is 155 g/mol. The first-order chi connectivity index (χ1) is 6.13. The average molecular weight is 172 g/mol. The molecule has 0 N–H and O–H groups in total. The Kier molecular flexibility index (Phi) is 3.35. The van der Waals surface area contributed by atoms with E-state index in [1.807, 2.05) is 0 Å². The highest BCUT2D eigenvalue weighted by atomic mass is 14.0. The molecule has 0 atom stereocenters. The summed E-state index contributed by atoms with van der Waals surface area (Å²) >= 11 is 0. The van der Waals surface area contributed by atoms with Crippen molar-refractivity contribution < 1.29 is 0 Å². The van der Waals surface area contributed by atoms with Crippen molar-refractivity contribution in [1.82, 2.24) is 0 Å². The second kappa shape index (κ2) is 4.31. The Hall–Kier alpha value is -0.975. The topological polar surface area (TPSA) is 0 Å². The lowest BCUT2D eigenvalue weighted by Gasteiger charge is -2.11. The van der Waals surface area contributed by atoms with Gasteiger partial charge >= 0.3 is 0 Å². The Morgan fingerprint density at radius 3 is 2.15 bits per heavy atom. The zero-order valence-corrected chi connectivity index (χ0v) is 8.96. The Morgan fingerprint density at radius 2 is 1.69 bits per heavy atom. The van der Waals surface area contributed by atoms with Crippen LogP contribution in [0.4, 0.5) is 0 Å². The summed E-state index contributed by atoms with van der Waals surface area (Å²) in [5.74, 6) is 0.639. The third-order valence-corrected chi connectivity index (χ3v) is 2.66. The standard InChI is InChI=1S/C12H17B/c1-9(2)10(3)12(13)11-7-5-4-6-8-11/h4-9H,13H2,1-3H3/b12-10-. The van der Waals surface area contributed by atoms with Crippen LogP contribution < -0.4 is 0 Å². The fourth-order valence-electron chi connectivity index (χ4n) is 1.35. The summed E-state index contributed by atoms with van der Waals surface area (Å²) in [5, 5.41) is 0. The lowest BCUT2D eigenvalue weighted by Crippen LogP contribution is -1.95. The molecule has 0 heterocycles. The van der Waals surface area contributed by atoms with Crippen molar-refractivity contribution >= 4 is 13.3 Å². The summed E-state index contributed by atoms with van der Waals surface area (Å²) in [5.41, 5.74) is 4.23. The van der Waals surface area contributed by atoms with Crippen molar-refractivity contribution in [3.63, 3.8) is 0 Å². The molecule has 1 heteroatoms. The van der Waals surface area contributed by atoms with Crippen LogP contribution in [-0.2, 0) is 0 Å². The molecule has 1 aromatic rings. The molecule has 1 aromatic carbocycles. The van der Waals surface area contributed by atoms with Crippen LogP contribution in [0.2, 0.25) is 0 Å². The smallest absolute Gasteiger partial charge is 0.0827 e. The molecule has 0 bridgehead atoms. The van der Waals surface area contributed by atoms with Crippen molar-refractivity contribution in [1.29, 1.82) is 0 Å². The number of hydrogen-bond donors (Lipinski definition) is 0. The van der Waals surface area contributed by atoms with E-state index in [0.717, 1.165) is 0 Å². The van der Waals surface area contributed by atoms with Crippen LogP contribution in [0.15, 0.2) is 35.9 Å². The van der Waals surface area contributed by atoms with Crippen molar-refractivity contribution in [2.75, 3.05) is 0 Å². The average Bonchev–Trinajstić information content (AvgIpc) is 2.17. The summed E-state index contributed by atoms with van der Waals surface area (Å²) in [6.45, 7) is 6.69. The fraction of sp³-hybridized carbons (Fsp3) is 0.333. The molecule has 0 aromatic heterocycles. The van der Waals surface area contributed by atoms with Gasteiger partial charge in [0.2, 0.25) is 0 Å². The summed E-state index contributed by atoms with van der Waals surface area (Å²) in [4.78, 5) is 0. The van der Waals surface area contributed by atoms with E-state index < -0.39 is 0 Å². The van der Waals surface area contributed by atoms with E-state index in [2.05, 4.69) is 58.9 Å². The third-order valence-electron chi connectivity index (χ3n) is 2.66. The Bertz CT molecular complexity index is 296. The zero-order chi connectivity index (χ0) is 9.84. The van der Waals surface area contributed by atoms with Crippen LogP contribution in [0, 0.1) is 5.92 Å². The Balaban J connectivity index is 3.03. The first-order valence-corrected chi connectivity index (χ1v) is 4.85. The molecule has 0 saturated heterocycles. The highest BCUT2D eigenvalue weighted by Gasteiger charge is 2.02. The maximum atomic E-state index is 2.24. The van der Waals surface area contributed by atoms with Crippen LogP contribution in [0.25, 0.3) is 5.47 Å². The molecular formula is C12H17B. The van der Waals surface area contributed by atoms with E-state index in [9.17, 15) is 0 Å². The molecule has 1 rings (SSSR count). The fourth-order valence-corrected chi connectivity index (χ4v) is 1.35. The number of allylic oxidation sites excluding steroid dienone is 1. The van der Waals surface area contributed by atoms with Gasteiger partial charge in [0.1, 0.15) is 7.85 Å². The number of benzene rings is 1. The summed E-state index contributed by atoms with van der Waals surface area (Å²) in [7, 11) is 2.20. The first-order valence-electron chi connectivity index (χ1n) is 4.85. The van der Waals surface area contributed by atoms with Gasteiger partial charge in [-0.15, -0.1) is 0 Å². The maximum absolute atomic E-state index is 2.24. The number of rotatable bonds is 2. The molecule has 0 spiro atoms. The second-order valence-corrected chi connectivity index (χ2v) is 3.83. The van der Waals surface area contributed by atoms with E-state index in [1.54, 1.807) is 0 Å². The van der Waals surface area contributed by atoms with Gasteiger partial charge in [0.05, 0.1) is 0 Å². The Labute approximate surface area is 82.1 Å². The first kappa shape index (κ1) is 10.1. The van der Waals surface area contributed by atoms with Crippen molar-refractivity contribution in [3.05, 3.63) is 41.5 Å². The summed E-state index contributed by atoms with van der Waals surface area (Å²) < 4.78 is 0. The molecule has 0 radical (unpaired) electrons. The quantitative estimate of drug-likeness (QED) is 0.601. The van der Waals surface area contributed by atoms with Gasteiger partial charge in [-0.05, 0) is 18.4 Å². The molecule has 0 unspecified atom stereocenters. The van der Waals surface area contributed by atoms with Gasteiger partial charge < -0.3 is 0 Å². The second-order valence-electron chi connectivity index (χ2n) is 3.83. The SMILES string of the molecule is B/C(=C(/C)C(C)C)c1ccccc1. The molecule has 0 aliphatic rings. The van der Waals surface area contributed by atoms with Crippen molar-refractivity contribution in [3.8, 4) is 0 Å². The largest absolute Gasteiger partial charge is 0.140 e. The van der Waals surface area contributed by atoms with Gasteiger partial charge in [-0.1, -0.05) is 55.2 Å². The molecule has 0 amide bonds. The maximum Gasteiger partial charge on any atom is 0.140 e. The summed E-state index contributed by atoms with van der Waals surface area (Å²) in [6.07, 6.45) is 0. The van der Waals surface area contributed by atoms with Crippen LogP contribution >= 0.6 is 0 Å². The van der Waals surface area contributed by atoms with E-state index in [-0.39, 0.29) is 0 Å². The highest BCUT2D eigenvalue weighted by molar-refractivity contribution is 6.42. The van der Waals surface area contributed by atoms with Gasteiger partial charge in [0, 0.05) is 0 Å². The lowest BCUT2D eigenvalue weighted by molar-refractivity contribution is 0.774. The van der Waals surface area contributed by atoms with Crippen molar-refractivity contribution in [2.24, 2.45) is 5.92 Å². The minimum absolute atomic E-state index is 0.639. The van der Waals surface area contributed by atoms with Gasteiger partial charge in [0.15, 0.2) is 0 Å². The van der Waals surface area contributed by atoms with Crippen LogP contribution in [0.5, 0.6) is 0 Å². The van der Waals surface area contributed by atoms with E-state index in [0.29, 0.717) is 5.92 Å². The van der Waals surface area contributed by atoms with Gasteiger partial charge in [-0.3, -0.25) is 0 Å². The summed E-state index contributed by atoms with van der Waals surface area (Å²) in [6, 6.07) is 10.6. The monoisotopic (exact) mass is 172 g/mol. The molecule has 0 aliphatic heterocycles. The molecule has 0 fully saturated rings. The van der Waals surface area contributed by atoms with E-state index >= 15 is 0 Å². The van der Waals surface area contributed by atoms with Gasteiger partial charge in [-0.25, -0.2) is 0 Å². The van der Waals surface area contributed by atoms with E-state index in [1.165, 1.54) is 16.6 Å². The zero-order valence-electron chi connectivity index (χ0n) is 8.96. The lowest BCUT2D eigenvalue weighted by atomic mass is 9.81. The normalized spacial score (nSPS) is 12.9. The molecule has 68 valence electrons. The van der Waals surface area contributed by atoms with E-state index in [4.69, 9.17) is 0 Å². The van der Waals surface area contributed by atoms with Crippen LogP contribution in [0.1, 0.15) is 26.3 Å². The van der Waals surface area contributed by atoms with Gasteiger partial charge in [-0.2, -0.15) is 0 Å². The molecule has 0 saturated carbocycles. The third kappa shape index (κ3) is 2.48. The Morgan fingerprint density at radius 1 is 1.15 bits per heavy atom. The predicted octanol–water partition coefficient (Wildman–Crippen LogP) is 2.71. The van der Waals surface area contributed by atoms with Gasteiger partial charge in [0.25, 0.3) is 0 Å². The minimum Gasteiger partial charge on any atom is -0.0827 e. The van der Waals surface area contributed by atoms with Crippen LogP contribution in [-0.4, -0.2) is 7.85 Å². The number of hydrogen-bond acceptors (Lipinski definition) is 0. The molecule has 0 nitrogen and oxygen atoms in total. The van der Waals surface area contributed by atoms with Crippen LogP contribution in [0.3, 0.4) is 0 Å². The molecule has 0 aliphatic carbocycles. The minimum atomic E-state index is 0.639. The molecule has 13 heavy (non-hydrogen) atoms.